The topological polar surface area (TPSA) is 77.4 Å². The van der Waals surface area contributed by atoms with Crippen LogP contribution in [0.4, 0.5) is 4.79 Å². The molecule has 7 nitrogen and oxygen atoms in total. The fourth-order valence-electron chi connectivity index (χ4n) is 2.95. The van der Waals surface area contributed by atoms with E-state index in [-0.39, 0.29) is 6.03 Å². The van der Waals surface area contributed by atoms with Crippen LogP contribution in [-0.4, -0.2) is 43.1 Å². The number of aromatic nitrogens is 2. The molecule has 0 radical (unpaired) electrons. The van der Waals surface area contributed by atoms with Crippen LogP contribution in [0.1, 0.15) is 11.1 Å². The van der Waals surface area contributed by atoms with E-state index >= 15 is 0 Å². The molecule has 0 atom stereocenters. The highest BCUT2D eigenvalue weighted by atomic mass is 16.5. The molecule has 7 heteroatoms. The maximum atomic E-state index is 12.0. The first-order chi connectivity index (χ1) is 14.2. The average Bonchev–Trinajstić information content (AvgIpc) is 3.23. The summed E-state index contributed by atoms with van der Waals surface area (Å²) in [6.07, 6.45) is 5.23. The number of para-hydroxylation sites is 1. The lowest BCUT2D eigenvalue weighted by atomic mass is 10.1. The van der Waals surface area contributed by atoms with Gasteiger partial charge in [0.15, 0.2) is 11.5 Å². The number of benzene rings is 2. The van der Waals surface area contributed by atoms with E-state index in [0.29, 0.717) is 31.0 Å². The highest BCUT2D eigenvalue weighted by Crippen LogP contribution is 2.27. The van der Waals surface area contributed by atoms with Crippen molar-refractivity contribution in [2.45, 2.75) is 12.8 Å². The van der Waals surface area contributed by atoms with Gasteiger partial charge in [0.2, 0.25) is 0 Å². The zero-order chi connectivity index (χ0) is 20.5. The molecule has 0 saturated heterocycles. The Morgan fingerprint density at radius 3 is 2.31 bits per heavy atom. The Labute approximate surface area is 170 Å². The number of methoxy groups -OCH3 is 2. The van der Waals surface area contributed by atoms with Crippen molar-refractivity contribution in [1.82, 2.24) is 20.4 Å². The number of amides is 2. The summed E-state index contributed by atoms with van der Waals surface area (Å²) in [7, 11) is 3.22. The minimum Gasteiger partial charge on any atom is -0.493 e. The average molecular weight is 394 g/mol. The molecular weight excluding hydrogens is 368 g/mol. The van der Waals surface area contributed by atoms with Crippen LogP contribution in [0, 0.1) is 0 Å². The van der Waals surface area contributed by atoms with Gasteiger partial charge in [-0.05, 0) is 48.2 Å². The van der Waals surface area contributed by atoms with E-state index in [2.05, 4.69) is 15.7 Å². The number of carbonyl (C=O) groups is 1. The molecule has 0 saturated carbocycles. The summed E-state index contributed by atoms with van der Waals surface area (Å²) < 4.78 is 12.4. The number of hydrogen-bond acceptors (Lipinski definition) is 4. The van der Waals surface area contributed by atoms with Gasteiger partial charge in [-0.15, -0.1) is 0 Å². The first-order valence-electron chi connectivity index (χ1n) is 9.51. The van der Waals surface area contributed by atoms with Crippen molar-refractivity contribution in [2.75, 3.05) is 27.3 Å². The Morgan fingerprint density at radius 1 is 0.931 bits per heavy atom. The van der Waals surface area contributed by atoms with Crippen molar-refractivity contribution >= 4 is 6.03 Å². The molecule has 29 heavy (non-hydrogen) atoms. The van der Waals surface area contributed by atoms with Gasteiger partial charge in [0, 0.05) is 19.3 Å². The summed E-state index contributed by atoms with van der Waals surface area (Å²) in [5, 5.41) is 10.1. The Balaban J connectivity index is 1.38. The normalized spacial score (nSPS) is 10.4. The molecule has 0 aliphatic carbocycles. The molecular formula is C22H26N4O3. The first kappa shape index (κ1) is 20.3. The van der Waals surface area contributed by atoms with E-state index in [0.717, 1.165) is 23.2 Å². The maximum Gasteiger partial charge on any atom is 0.314 e. The lowest BCUT2D eigenvalue weighted by molar-refractivity contribution is 0.241. The largest absolute Gasteiger partial charge is 0.493 e. The number of urea groups is 1. The number of rotatable bonds is 9. The molecule has 152 valence electrons. The van der Waals surface area contributed by atoms with Gasteiger partial charge < -0.3 is 20.1 Å². The third kappa shape index (κ3) is 5.75. The van der Waals surface area contributed by atoms with Gasteiger partial charge in [-0.2, -0.15) is 5.10 Å². The maximum absolute atomic E-state index is 12.0. The van der Waals surface area contributed by atoms with E-state index in [9.17, 15) is 4.79 Å². The summed E-state index contributed by atoms with van der Waals surface area (Å²) >= 11 is 0. The summed E-state index contributed by atoms with van der Waals surface area (Å²) in [4.78, 5) is 12.0. The fourth-order valence-corrected chi connectivity index (χ4v) is 2.95. The van der Waals surface area contributed by atoms with Crippen molar-refractivity contribution in [2.24, 2.45) is 0 Å². The van der Waals surface area contributed by atoms with Gasteiger partial charge in [0.05, 0.1) is 26.1 Å². The van der Waals surface area contributed by atoms with E-state index < -0.39 is 0 Å². The van der Waals surface area contributed by atoms with Crippen LogP contribution >= 0.6 is 0 Å². The third-order valence-corrected chi connectivity index (χ3v) is 4.50. The van der Waals surface area contributed by atoms with Crippen molar-refractivity contribution in [1.29, 1.82) is 0 Å². The Morgan fingerprint density at radius 2 is 1.62 bits per heavy atom. The summed E-state index contributed by atoms with van der Waals surface area (Å²) in [5.41, 5.74) is 3.15. The van der Waals surface area contributed by atoms with Crippen molar-refractivity contribution < 1.29 is 14.3 Å². The first-order valence-corrected chi connectivity index (χ1v) is 9.51. The summed E-state index contributed by atoms with van der Waals surface area (Å²) in [5.74, 6) is 1.38. The summed E-state index contributed by atoms with van der Waals surface area (Å²) in [6, 6.07) is 15.5. The number of nitrogens with zero attached hydrogens (tertiary/aromatic N) is 2. The van der Waals surface area contributed by atoms with Crippen molar-refractivity contribution in [3.8, 4) is 17.2 Å². The highest BCUT2D eigenvalue weighted by molar-refractivity contribution is 5.73. The molecule has 3 rings (SSSR count). The molecule has 0 spiro atoms. The molecule has 2 aromatic carbocycles. The van der Waals surface area contributed by atoms with Gasteiger partial charge in [0.25, 0.3) is 0 Å². The van der Waals surface area contributed by atoms with Crippen LogP contribution in [0.2, 0.25) is 0 Å². The SMILES string of the molecule is COc1ccc(CCNC(=O)NCCc2cnn(-c3ccccc3)c2)cc1OC. The molecule has 2 N–H and O–H groups in total. The van der Waals surface area contributed by atoms with Crippen molar-refractivity contribution in [3.63, 3.8) is 0 Å². The molecule has 2 amide bonds. The predicted molar refractivity (Wildman–Crippen MR) is 112 cm³/mol. The van der Waals surface area contributed by atoms with Crippen LogP contribution in [0.15, 0.2) is 60.9 Å². The minimum absolute atomic E-state index is 0.180. The molecule has 0 aliphatic heterocycles. The Kier molecular flexibility index (Phi) is 7.10. The lowest BCUT2D eigenvalue weighted by Crippen LogP contribution is -2.37. The third-order valence-electron chi connectivity index (χ3n) is 4.50. The fraction of sp³-hybridized carbons (Fsp3) is 0.273. The lowest BCUT2D eigenvalue weighted by Gasteiger charge is -2.10. The monoisotopic (exact) mass is 394 g/mol. The highest BCUT2D eigenvalue weighted by Gasteiger charge is 2.06. The minimum atomic E-state index is -0.180. The van der Waals surface area contributed by atoms with Gasteiger partial charge in [0.1, 0.15) is 0 Å². The van der Waals surface area contributed by atoms with Gasteiger partial charge >= 0.3 is 6.03 Å². The second kappa shape index (κ2) is 10.2. The van der Waals surface area contributed by atoms with Crippen LogP contribution in [0.25, 0.3) is 5.69 Å². The molecule has 1 aromatic heterocycles. The van der Waals surface area contributed by atoms with E-state index in [1.807, 2.05) is 65.6 Å². The van der Waals surface area contributed by atoms with Gasteiger partial charge in [-0.3, -0.25) is 0 Å². The van der Waals surface area contributed by atoms with E-state index in [1.165, 1.54) is 0 Å². The van der Waals surface area contributed by atoms with Crippen LogP contribution in [0.5, 0.6) is 11.5 Å². The molecule has 0 aliphatic rings. The van der Waals surface area contributed by atoms with Crippen LogP contribution in [0.3, 0.4) is 0 Å². The number of hydrogen-bond donors (Lipinski definition) is 2. The molecule has 0 unspecified atom stereocenters. The Hall–Kier alpha value is -3.48. The molecule has 0 fully saturated rings. The predicted octanol–water partition coefficient (Wildman–Crippen LogP) is 2.97. The van der Waals surface area contributed by atoms with Crippen molar-refractivity contribution in [3.05, 3.63) is 72.1 Å². The van der Waals surface area contributed by atoms with Crippen LogP contribution < -0.4 is 20.1 Å². The van der Waals surface area contributed by atoms with Gasteiger partial charge in [-0.25, -0.2) is 9.48 Å². The zero-order valence-electron chi connectivity index (χ0n) is 16.7. The molecule has 0 bridgehead atoms. The van der Waals surface area contributed by atoms with Crippen LogP contribution in [-0.2, 0) is 12.8 Å². The molecule has 3 aromatic rings. The Bertz CT molecular complexity index is 925. The van der Waals surface area contributed by atoms with Gasteiger partial charge in [-0.1, -0.05) is 24.3 Å². The van der Waals surface area contributed by atoms with E-state index in [4.69, 9.17) is 9.47 Å². The zero-order valence-corrected chi connectivity index (χ0v) is 16.7. The number of carbonyl (C=O) groups excluding carboxylic acids is 1. The number of ether oxygens (including phenoxy) is 2. The quantitative estimate of drug-likeness (QED) is 0.585. The molecule has 1 heterocycles. The smallest absolute Gasteiger partial charge is 0.314 e. The second-order valence-electron chi connectivity index (χ2n) is 6.50. The summed E-state index contributed by atoms with van der Waals surface area (Å²) in [6.45, 7) is 1.08. The van der Waals surface area contributed by atoms with E-state index in [1.54, 1.807) is 14.2 Å². The standard InChI is InChI=1S/C22H26N4O3/c1-28-20-9-8-17(14-21(20)29-2)10-12-23-22(27)24-13-11-18-15-25-26(16-18)19-6-4-3-5-7-19/h3-9,14-16H,10-13H2,1-2H3,(H2,23,24,27). The number of nitrogens with one attached hydrogen (secondary N) is 2. The second-order valence-corrected chi connectivity index (χ2v) is 6.50.